The minimum Gasteiger partial charge on any atom is -0.355 e. The number of hydrogen-bond donors (Lipinski definition) is 1. The van der Waals surface area contributed by atoms with Crippen molar-refractivity contribution in [2.75, 3.05) is 12.8 Å². The summed E-state index contributed by atoms with van der Waals surface area (Å²) in [6.45, 7) is 1.37. The summed E-state index contributed by atoms with van der Waals surface area (Å²) in [5.41, 5.74) is 0.387. The van der Waals surface area contributed by atoms with Crippen LogP contribution in [0.15, 0.2) is 47.6 Å². The third-order valence-corrected chi connectivity index (χ3v) is 6.01. The van der Waals surface area contributed by atoms with Crippen LogP contribution in [0.3, 0.4) is 0 Å². The Bertz CT molecular complexity index is 823. The number of hydrogen-bond acceptors (Lipinski definition) is 4. The molecular formula is C18H23N3O3S. The molecule has 1 saturated carbocycles. The van der Waals surface area contributed by atoms with Gasteiger partial charge in [-0.15, -0.1) is 0 Å². The Morgan fingerprint density at radius 1 is 1.28 bits per heavy atom. The van der Waals surface area contributed by atoms with E-state index in [0.717, 1.165) is 37.8 Å². The van der Waals surface area contributed by atoms with E-state index < -0.39 is 15.3 Å². The SMILES string of the molecule is CS(=O)(=O)c1ccc(C2(C(=O)NCCCn3cccn3)CCC2)cc1. The Labute approximate surface area is 148 Å². The molecule has 1 aliphatic carbocycles. The molecule has 0 aliphatic heterocycles. The smallest absolute Gasteiger partial charge is 0.230 e. The van der Waals surface area contributed by atoms with Crippen molar-refractivity contribution in [3.8, 4) is 0 Å². The van der Waals surface area contributed by atoms with Crippen LogP contribution in [0.25, 0.3) is 0 Å². The summed E-state index contributed by atoms with van der Waals surface area (Å²) in [6.07, 6.45) is 8.26. The van der Waals surface area contributed by atoms with Crippen molar-refractivity contribution in [2.24, 2.45) is 0 Å². The van der Waals surface area contributed by atoms with Crippen molar-refractivity contribution >= 4 is 15.7 Å². The molecule has 0 unspecified atom stereocenters. The third kappa shape index (κ3) is 3.76. The number of amides is 1. The van der Waals surface area contributed by atoms with Gasteiger partial charge in [0.05, 0.1) is 10.3 Å². The topological polar surface area (TPSA) is 81.1 Å². The number of aryl methyl sites for hydroxylation is 1. The van der Waals surface area contributed by atoms with Crippen LogP contribution in [-0.2, 0) is 26.6 Å². The summed E-state index contributed by atoms with van der Waals surface area (Å²) in [7, 11) is -3.22. The maximum absolute atomic E-state index is 12.7. The lowest BCUT2D eigenvalue weighted by Crippen LogP contribution is -2.49. The van der Waals surface area contributed by atoms with Crippen LogP contribution in [0.2, 0.25) is 0 Å². The van der Waals surface area contributed by atoms with Crippen molar-refractivity contribution in [1.29, 1.82) is 0 Å². The van der Waals surface area contributed by atoms with E-state index in [9.17, 15) is 13.2 Å². The predicted octanol–water partition coefficient (Wildman–Crippen LogP) is 1.91. The van der Waals surface area contributed by atoms with Crippen LogP contribution in [0.4, 0.5) is 0 Å². The second-order valence-electron chi connectivity index (χ2n) is 6.61. The van der Waals surface area contributed by atoms with Crippen molar-refractivity contribution in [2.45, 2.75) is 42.5 Å². The zero-order chi connectivity index (χ0) is 17.9. The maximum Gasteiger partial charge on any atom is 0.230 e. The van der Waals surface area contributed by atoms with Crippen molar-refractivity contribution in [3.05, 3.63) is 48.3 Å². The van der Waals surface area contributed by atoms with Crippen molar-refractivity contribution in [3.63, 3.8) is 0 Å². The van der Waals surface area contributed by atoms with Gasteiger partial charge in [0.1, 0.15) is 0 Å². The molecule has 6 nitrogen and oxygen atoms in total. The number of carbonyl (C=O) groups excluding carboxylic acids is 1. The first-order valence-corrected chi connectivity index (χ1v) is 10.4. The highest BCUT2D eigenvalue weighted by Gasteiger charge is 2.45. The van der Waals surface area contributed by atoms with Crippen LogP contribution in [0.5, 0.6) is 0 Å². The van der Waals surface area contributed by atoms with Gasteiger partial charge in [0.25, 0.3) is 0 Å². The second-order valence-corrected chi connectivity index (χ2v) is 8.63. The first kappa shape index (κ1) is 17.7. The summed E-state index contributed by atoms with van der Waals surface area (Å²) < 4.78 is 25.0. The number of nitrogens with zero attached hydrogens (tertiary/aromatic N) is 2. The molecule has 3 rings (SSSR count). The molecule has 7 heteroatoms. The van der Waals surface area contributed by atoms with Gasteiger partial charge in [-0.1, -0.05) is 18.6 Å². The number of rotatable bonds is 7. The standard InChI is InChI=1S/C18H23N3O3S/c1-25(23,24)16-7-5-15(6-8-16)18(9-2-10-18)17(22)19-11-3-13-21-14-4-12-20-21/h4-8,12,14H,2-3,9-11,13H2,1H3,(H,19,22). The number of carbonyl (C=O) groups is 1. The van der Waals surface area contributed by atoms with Gasteiger partial charge in [0, 0.05) is 31.7 Å². The molecule has 1 fully saturated rings. The van der Waals surface area contributed by atoms with E-state index in [2.05, 4.69) is 10.4 Å². The van der Waals surface area contributed by atoms with Gasteiger partial charge in [-0.05, 0) is 43.0 Å². The molecule has 1 amide bonds. The molecule has 0 bridgehead atoms. The Morgan fingerprint density at radius 3 is 2.52 bits per heavy atom. The minimum atomic E-state index is -3.22. The molecule has 134 valence electrons. The second kappa shape index (κ2) is 7.00. The van der Waals surface area contributed by atoms with E-state index in [1.807, 2.05) is 16.9 Å². The molecule has 2 aromatic rings. The van der Waals surface area contributed by atoms with E-state index in [4.69, 9.17) is 0 Å². The van der Waals surface area contributed by atoms with Gasteiger partial charge < -0.3 is 5.32 Å². The molecule has 1 heterocycles. The quantitative estimate of drug-likeness (QED) is 0.764. The Morgan fingerprint density at radius 2 is 2.00 bits per heavy atom. The maximum atomic E-state index is 12.7. The largest absolute Gasteiger partial charge is 0.355 e. The predicted molar refractivity (Wildman–Crippen MR) is 94.9 cm³/mol. The van der Waals surface area contributed by atoms with Gasteiger partial charge >= 0.3 is 0 Å². The van der Waals surface area contributed by atoms with Gasteiger partial charge in [-0.25, -0.2) is 8.42 Å². The van der Waals surface area contributed by atoms with Crippen LogP contribution < -0.4 is 5.32 Å². The highest BCUT2D eigenvalue weighted by atomic mass is 32.2. The normalized spacial score (nSPS) is 16.2. The first-order valence-electron chi connectivity index (χ1n) is 8.48. The fourth-order valence-corrected chi connectivity index (χ4v) is 3.87. The Kier molecular flexibility index (Phi) is 4.94. The van der Waals surface area contributed by atoms with Gasteiger partial charge in [-0.3, -0.25) is 9.48 Å². The van der Waals surface area contributed by atoms with Crippen LogP contribution in [0.1, 0.15) is 31.2 Å². The Hall–Kier alpha value is -2.15. The van der Waals surface area contributed by atoms with Crippen molar-refractivity contribution in [1.82, 2.24) is 15.1 Å². The number of aromatic nitrogens is 2. The van der Waals surface area contributed by atoms with Gasteiger partial charge in [0.2, 0.25) is 5.91 Å². The first-order chi connectivity index (χ1) is 11.9. The molecule has 1 aromatic carbocycles. The molecule has 0 atom stereocenters. The lowest BCUT2D eigenvalue weighted by molar-refractivity contribution is -0.129. The molecule has 0 spiro atoms. The summed E-state index contributed by atoms with van der Waals surface area (Å²) in [5, 5.41) is 7.17. The molecular weight excluding hydrogens is 338 g/mol. The van der Waals surface area contributed by atoms with E-state index in [0.29, 0.717) is 6.54 Å². The summed E-state index contributed by atoms with van der Waals surface area (Å²) in [4.78, 5) is 13.0. The summed E-state index contributed by atoms with van der Waals surface area (Å²) >= 11 is 0. The van der Waals surface area contributed by atoms with Gasteiger partial charge in [-0.2, -0.15) is 5.10 Å². The molecule has 1 aliphatic rings. The molecule has 1 aromatic heterocycles. The molecule has 25 heavy (non-hydrogen) atoms. The fraction of sp³-hybridized carbons (Fsp3) is 0.444. The third-order valence-electron chi connectivity index (χ3n) is 4.89. The van der Waals surface area contributed by atoms with E-state index in [1.54, 1.807) is 30.5 Å². The number of nitrogens with one attached hydrogen (secondary N) is 1. The van der Waals surface area contributed by atoms with Crippen LogP contribution in [-0.4, -0.2) is 36.9 Å². The minimum absolute atomic E-state index is 0.0336. The molecule has 0 radical (unpaired) electrons. The number of benzene rings is 1. The highest BCUT2D eigenvalue weighted by Crippen LogP contribution is 2.44. The lowest BCUT2D eigenvalue weighted by Gasteiger charge is -2.40. The molecule has 0 saturated heterocycles. The van der Waals surface area contributed by atoms with Crippen molar-refractivity contribution < 1.29 is 13.2 Å². The summed E-state index contributed by atoms with van der Waals surface area (Å²) in [5.74, 6) is 0.0336. The van der Waals surface area contributed by atoms with E-state index in [1.165, 1.54) is 6.26 Å². The van der Waals surface area contributed by atoms with Crippen LogP contribution >= 0.6 is 0 Å². The van der Waals surface area contributed by atoms with E-state index >= 15 is 0 Å². The summed E-state index contributed by atoms with van der Waals surface area (Å²) in [6, 6.07) is 8.62. The van der Waals surface area contributed by atoms with Gasteiger partial charge in [0.15, 0.2) is 9.84 Å². The molecule has 1 N–H and O–H groups in total. The highest BCUT2D eigenvalue weighted by molar-refractivity contribution is 7.90. The Balaban J connectivity index is 1.62. The fourth-order valence-electron chi connectivity index (χ4n) is 3.24. The monoisotopic (exact) mass is 361 g/mol. The lowest BCUT2D eigenvalue weighted by atomic mass is 9.64. The average Bonchev–Trinajstić information content (AvgIpc) is 3.03. The zero-order valence-corrected chi connectivity index (χ0v) is 15.1. The van der Waals surface area contributed by atoms with E-state index in [-0.39, 0.29) is 10.8 Å². The number of sulfone groups is 1. The van der Waals surface area contributed by atoms with Crippen LogP contribution in [0, 0.1) is 0 Å². The average molecular weight is 361 g/mol. The zero-order valence-electron chi connectivity index (χ0n) is 14.3.